The van der Waals surface area contributed by atoms with E-state index < -0.39 is 0 Å². The lowest BCUT2D eigenvalue weighted by Gasteiger charge is -2.35. The van der Waals surface area contributed by atoms with Crippen molar-refractivity contribution in [2.24, 2.45) is 5.41 Å². The van der Waals surface area contributed by atoms with E-state index in [9.17, 15) is 0 Å². The van der Waals surface area contributed by atoms with Gasteiger partial charge in [0.05, 0.1) is 0 Å². The fraction of sp³-hybridized carbons (Fsp3) is 1.00. The molecule has 1 nitrogen and oxygen atoms in total. The minimum atomic E-state index is 0.550. The van der Waals surface area contributed by atoms with Crippen molar-refractivity contribution in [1.29, 1.82) is 0 Å². The zero-order valence-electron chi connectivity index (χ0n) is 8.35. The van der Waals surface area contributed by atoms with Crippen molar-refractivity contribution in [1.82, 2.24) is 0 Å². The monoisotopic (exact) mass is 266 g/mol. The molecule has 0 atom stereocenters. The second-order valence-corrected chi connectivity index (χ2v) is 5.39. The highest BCUT2D eigenvalue weighted by Crippen LogP contribution is 2.37. The number of halogens is 1. The highest BCUT2D eigenvalue weighted by molar-refractivity contribution is 9.09. The van der Waals surface area contributed by atoms with Gasteiger partial charge < -0.3 is 4.74 Å². The third-order valence-electron chi connectivity index (χ3n) is 2.89. The zero-order chi connectivity index (χ0) is 9.57. The Balaban J connectivity index is 2.29. The molecule has 3 heteroatoms. The fourth-order valence-electron chi connectivity index (χ4n) is 1.85. The van der Waals surface area contributed by atoms with E-state index in [4.69, 9.17) is 4.74 Å². The number of ether oxygens (including phenoxy) is 1. The minimum absolute atomic E-state index is 0.550. The first-order valence-electron chi connectivity index (χ1n) is 4.96. The van der Waals surface area contributed by atoms with Crippen molar-refractivity contribution in [3.8, 4) is 0 Å². The molecular weight excluding hydrogens is 248 g/mol. The highest BCUT2D eigenvalue weighted by atomic mass is 79.9. The van der Waals surface area contributed by atoms with Crippen LogP contribution in [0.5, 0.6) is 0 Å². The van der Waals surface area contributed by atoms with Crippen LogP contribution in [0, 0.1) is 5.41 Å². The Bertz CT molecular complexity index is 135. The number of alkyl halides is 1. The number of thioether (sulfide) groups is 1. The Morgan fingerprint density at radius 2 is 2.08 bits per heavy atom. The molecule has 0 aromatic carbocycles. The van der Waals surface area contributed by atoms with Crippen molar-refractivity contribution < 1.29 is 4.74 Å². The molecule has 0 aromatic heterocycles. The average molecular weight is 267 g/mol. The summed E-state index contributed by atoms with van der Waals surface area (Å²) in [6.07, 6.45) is 7.39. The Labute approximate surface area is 94.1 Å². The van der Waals surface area contributed by atoms with E-state index in [0.717, 1.165) is 18.5 Å². The summed E-state index contributed by atoms with van der Waals surface area (Å²) < 4.78 is 5.41. The molecule has 1 heterocycles. The van der Waals surface area contributed by atoms with Crippen LogP contribution in [0.4, 0.5) is 0 Å². The van der Waals surface area contributed by atoms with E-state index in [1.807, 2.05) is 11.8 Å². The normalized spacial score (nSPS) is 21.7. The van der Waals surface area contributed by atoms with Crippen LogP contribution in [-0.2, 0) is 4.74 Å². The smallest absolute Gasteiger partial charge is 0.0471 e. The van der Waals surface area contributed by atoms with Gasteiger partial charge >= 0.3 is 0 Å². The second kappa shape index (κ2) is 6.31. The van der Waals surface area contributed by atoms with Gasteiger partial charge in [-0.3, -0.25) is 0 Å². The van der Waals surface area contributed by atoms with Gasteiger partial charge in [-0.1, -0.05) is 15.9 Å². The van der Waals surface area contributed by atoms with Gasteiger partial charge in [-0.25, -0.2) is 0 Å². The summed E-state index contributed by atoms with van der Waals surface area (Å²) in [5.41, 5.74) is 0.550. The first-order valence-corrected chi connectivity index (χ1v) is 7.47. The van der Waals surface area contributed by atoms with E-state index in [1.54, 1.807) is 0 Å². The largest absolute Gasteiger partial charge is 0.381 e. The van der Waals surface area contributed by atoms with Gasteiger partial charge in [-0.05, 0) is 43.1 Å². The van der Waals surface area contributed by atoms with Crippen molar-refractivity contribution in [3.05, 3.63) is 0 Å². The average Bonchev–Trinajstić information content (AvgIpc) is 2.20. The topological polar surface area (TPSA) is 9.23 Å². The maximum absolute atomic E-state index is 5.41. The molecule has 1 aliphatic rings. The van der Waals surface area contributed by atoms with Crippen molar-refractivity contribution in [2.45, 2.75) is 25.7 Å². The predicted molar refractivity (Wildman–Crippen MR) is 63.9 cm³/mol. The summed E-state index contributed by atoms with van der Waals surface area (Å²) in [7, 11) is 0. The maximum Gasteiger partial charge on any atom is 0.0471 e. The molecule has 0 N–H and O–H groups in total. The van der Waals surface area contributed by atoms with Crippen molar-refractivity contribution in [3.63, 3.8) is 0 Å². The summed E-state index contributed by atoms with van der Waals surface area (Å²) in [5, 5.41) is 1.15. The molecule has 0 bridgehead atoms. The van der Waals surface area contributed by atoms with Crippen molar-refractivity contribution in [2.75, 3.05) is 30.6 Å². The molecule has 0 saturated carbocycles. The number of rotatable bonds is 5. The van der Waals surface area contributed by atoms with Crippen LogP contribution in [0.15, 0.2) is 0 Å². The lowest BCUT2D eigenvalue weighted by Crippen LogP contribution is -2.31. The molecular formula is C10H19BrOS. The molecule has 1 saturated heterocycles. The van der Waals surface area contributed by atoms with E-state index in [1.165, 1.54) is 31.4 Å². The Morgan fingerprint density at radius 3 is 2.62 bits per heavy atom. The van der Waals surface area contributed by atoms with Crippen LogP contribution in [0.3, 0.4) is 0 Å². The molecule has 0 unspecified atom stereocenters. The molecule has 0 radical (unpaired) electrons. The molecule has 0 amide bonds. The van der Waals surface area contributed by atoms with Gasteiger partial charge in [0.25, 0.3) is 0 Å². The molecule has 1 aliphatic heterocycles. The first kappa shape index (κ1) is 11.9. The summed E-state index contributed by atoms with van der Waals surface area (Å²) in [6, 6.07) is 0. The van der Waals surface area contributed by atoms with Crippen LogP contribution >= 0.6 is 27.7 Å². The van der Waals surface area contributed by atoms with Gasteiger partial charge in [0.1, 0.15) is 0 Å². The van der Waals surface area contributed by atoms with Crippen LogP contribution in [-0.4, -0.2) is 30.6 Å². The first-order chi connectivity index (χ1) is 6.33. The van der Waals surface area contributed by atoms with Crippen LogP contribution in [0.25, 0.3) is 0 Å². The third kappa shape index (κ3) is 3.80. The molecule has 13 heavy (non-hydrogen) atoms. The van der Waals surface area contributed by atoms with Gasteiger partial charge in [0.15, 0.2) is 0 Å². The third-order valence-corrected chi connectivity index (χ3v) is 4.78. The second-order valence-electron chi connectivity index (χ2n) is 3.84. The zero-order valence-corrected chi connectivity index (χ0v) is 10.8. The Hall–Kier alpha value is 0.790. The minimum Gasteiger partial charge on any atom is -0.381 e. The SMILES string of the molecule is CSCCCC1(CBr)CCOCC1. The Kier molecular flexibility index (Phi) is 5.75. The van der Waals surface area contributed by atoms with Crippen LogP contribution in [0.2, 0.25) is 0 Å². The van der Waals surface area contributed by atoms with E-state index in [0.29, 0.717) is 5.41 Å². The summed E-state index contributed by atoms with van der Waals surface area (Å²) >= 11 is 5.61. The lowest BCUT2D eigenvalue weighted by atomic mass is 9.78. The fourth-order valence-corrected chi connectivity index (χ4v) is 3.12. The Morgan fingerprint density at radius 1 is 1.38 bits per heavy atom. The number of hydrogen-bond donors (Lipinski definition) is 0. The van der Waals surface area contributed by atoms with Gasteiger partial charge in [-0.15, -0.1) is 0 Å². The summed E-state index contributed by atoms with van der Waals surface area (Å²) in [5.74, 6) is 1.30. The van der Waals surface area contributed by atoms with Crippen LogP contribution in [0.1, 0.15) is 25.7 Å². The predicted octanol–water partition coefficient (Wildman–Crippen LogP) is 3.32. The van der Waals surface area contributed by atoms with E-state index in [2.05, 4.69) is 22.2 Å². The molecule has 1 fully saturated rings. The standard InChI is InChI=1S/C10H19BrOS/c1-13-8-2-3-10(9-11)4-6-12-7-5-10/h2-9H2,1H3. The maximum atomic E-state index is 5.41. The number of hydrogen-bond acceptors (Lipinski definition) is 2. The molecule has 0 spiro atoms. The van der Waals surface area contributed by atoms with Gasteiger partial charge in [0, 0.05) is 18.5 Å². The summed E-state index contributed by atoms with van der Waals surface area (Å²) in [4.78, 5) is 0. The molecule has 0 aliphatic carbocycles. The van der Waals surface area contributed by atoms with Gasteiger partial charge in [-0.2, -0.15) is 11.8 Å². The molecule has 0 aromatic rings. The molecule has 1 rings (SSSR count). The van der Waals surface area contributed by atoms with Crippen molar-refractivity contribution >= 4 is 27.7 Å². The highest BCUT2D eigenvalue weighted by Gasteiger charge is 2.30. The van der Waals surface area contributed by atoms with Gasteiger partial charge in [0.2, 0.25) is 0 Å². The molecule has 78 valence electrons. The van der Waals surface area contributed by atoms with E-state index in [-0.39, 0.29) is 0 Å². The lowest BCUT2D eigenvalue weighted by molar-refractivity contribution is 0.0226. The summed E-state index contributed by atoms with van der Waals surface area (Å²) in [6.45, 7) is 1.93. The van der Waals surface area contributed by atoms with E-state index >= 15 is 0 Å². The van der Waals surface area contributed by atoms with Crippen LogP contribution < -0.4 is 0 Å². The quantitative estimate of drug-likeness (QED) is 0.558.